The topological polar surface area (TPSA) is 50.7 Å². The normalized spacial score (nSPS) is 12.5. The van der Waals surface area contributed by atoms with E-state index in [0.29, 0.717) is 0 Å². The number of nitrogens with zero attached hydrogens (tertiary/aromatic N) is 3. The highest BCUT2D eigenvalue weighted by Crippen LogP contribution is 2.25. The largest absolute Gasteiger partial charge is 0.359 e. The van der Waals surface area contributed by atoms with E-state index in [9.17, 15) is 0 Å². The second-order valence-electron chi connectivity index (χ2n) is 4.47. The van der Waals surface area contributed by atoms with Crippen LogP contribution in [0, 0.1) is 6.92 Å². The molecular formula is C14H14N4S. The molecule has 0 saturated heterocycles. The lowest BCUT2D eigenvalue weighted by atomic mass is 10.2. The first kappa shape index (κ1) is 12.0. The molecule has 0 aliphatic rings. The highest BCUT2D eigenvalue weighted by Gasteiger charge is 2.11. The molecule has 0 aliphatic carbocycles. The van der Waals surface area contributed by atoms with Gasteiger partial charge in [-0.1, -0.05) is 24.3 Å². The molecule has 4 nitrogen and oxygen atoms in total. The van der Waals surface area contributed by atoms with Crippen molar-refractivity contribution in [3.05, 3.63) is 46.5 Å². The van der Waals surface area contributed by atoms with Crippen molar-refractivity contribution in [2.24, 2.45) is 0 Å². The van der Waals surface area contributed by atoms with Crippen molar-refractivity contribution in [2.75, 3.05) is 5.32 Å². The minimum Gasteiger partial charge on any atom is -0.359 e. The standard InChI is InChI=1S/C14H14N4S/c1-9-8-19-14(16-9)10(2)17-13-12-6-4-3-5-11(12)7-15-18-13/h3-8,10H,1-2H3,(H,17,18). The van der Waals surface area contributed by atoms with E-state index in [1.54, 1.807) is 17.5 Å². The summed E-state index contributed by atoms with van der Waals surface area (Å²) in [6.45, 7) is 4.09. The number of aromatic nitrogens is 3. The van der Waals surface area contributed by atoms with Gasteiger partial charge in [0, 0.05) is 21.8 Å². The van der Waals surface area contributed by atoms with Gasteiger partial charge in [0.15, 0.2) is 5.82 Å². The number of rotatable bonds is 3. The van der Waals surface area contributed by atoms with E-state index >= 15 is 0 Å². The van der Waals surface area contributed by atoms with Crippen LogP contribution >= 0.6 is 11.3 Å². The van der Waals surface area contributed by atoms with Gasteiger partial charge in [-0.2, -0.15) is 5.10 Å². The van der Waals surface area contributed by atoms with Gasteiger partial charge in [0.2, 0.25) is 0 Å². The minimum atomic E-state index is 0.124. The van der Waals surface area contributed by atoms with Crippen LogP contribution in [0.25, 0.3) is 10.8 Å². The van der Waals surface area contributed by atoms with E-state index in [-0.39, 0.29) is 6.04 Å². The predicted octanol–water partition coefficient (Wildman–Crippen LogP) is 3.57. The summed E-state index contributed by atoms with van der Waals surface area (Å²) in [4.78, 5) is 4.49. The van der Waals surface area contributed by atoms with E-state index in [1.807, 2.05) is 31.2 Å². The van der Waals surface area contributed by atoms with Crippen molar-refractivity contribution in [1.29, 1.82) is 0 Å². The van der Waals surface area contributed by atoms with Crippen LogP contribution in [-0.2, 0) is 0 Å². The molecule has 1 N–H and O–H groups in total. The number of nitrogens with one attached hydrogen (secondary N) is 1. The number of hydrogen-bond donors (Lipinski definition) is 1. The lowest BCUT2D eigenvalue weighted by molar-refractivity contribution is 0.848. The average molecular weight is 270 g/mol. The molecule has 1 unspecified atom stereocenters. The van der Waals surface area contributed by atoms with E-state index in [4.69, 9.17) is 0 Å². The van der Waals surface area contributed by atoms with Crippen molar-refractivity contribution in [1.82, 2.24) is 15.2 Å². The van der Waals surface area contributed by atoms with Crippen LogP contribution in [0.2, 0.25) is 0 Å². The molecular weight excluding hydrogens is 256 g/mol. The molecule has 0 bridgehead atoms. The fourth-order valence-electron chi connectivity index (χ4n) is 1.97. The maximum Gasteiger partial charge on any atom is 0.157 e. The summed E-state index contributed by atoms with van der Waals surface area (Å²) in [5.41, 5.74) is 1.05. The molecule has 3 rings (SSSR count). The number of fused-ring (bicyclic) bond motifs is 1. The molecule has 1 atom stereocenters. The summed E-state index contributed by atoms with van der Waals surface area (Å²) in [6.07, 6.45) is 1.78. The smallest absolute Gasteiger partial charge is 0.157 e. The third kappa shape index (κ3) is 2.42. The van der Waals surface area contributed by atoms with Crippen LogP contribution in [0.1, 0.15) is 23.7 Å². The molecule has 2 aromatic heterocycles. The zero-order chi connectivity index (χ0) is 13.2. The summed E-state index contributed by atoms with van der Waals surface area (Å²) in [5.74, 6) is 0.804. The maximum atomic E-state index is 4.49. The summed E-state index contributed by atoms with van der Waals surface area (Å²) in [7, 11) is 0. The fraction of sp³-hybridized carbons (Fsp3) is 0.214. The first-order valence-corrected chi connectivity index (χ1v) is 7.01. The zero-order valence-electron chi connectivity index (χ0n) is 10.8. The molecule has 0 amide bonds. The van der Waals surface area contributed by atoms with Crippen LogP contribution in [0.15, 0.2) is 35.8 Å². The van der Waals surface area contributed by atoms with Crippen molar-refractivity contribution in [3.8, 4) is 0 Å². The molecule has 0 radical (unpaired) electrons. The van der Waals surface area contributed by atoms with Gasteiger partial charge in [-0.05, 0) is 13.8 Å². The van der Waals surface area contributed by atoms with E-state index in [2.05, 4.69) is 32.8 Å². The second kappa shape index (κ2) is 4.93. The SMILES string of the molecule is Cc1csc(C(C)Nc2nncc3ccccc23)n1. The van der Waals surface area contributed by atoms with Gasteiger partial charge in [-0.25, -0.2) is 4.98 Å². The fourth-order valence-corrected chi connectivity index (χ4v) is 2.78. The third-order valence-corrected chi connectivity index (χ3v) is 4.08. The first-order valence-electron chi connectivity index (χ1n) is 6.13. The molecule has 0 aliphatic heterocycles. The number of benzene rings is 1. The highest BCUT2D eigenvalue weighted by molar-refractivity contribution is 7.09. The Kier molecular flexibility index (Phi) is 3.13. The molecule has 1 aromatic carbocycles. The maximum absolute atomic E-state index is 4.49. The van der Waals surface area contributed by atoms with E-state index < -0.39 is 0 Å². The molecule has 96 valence electrons. The molecule has 5 heteroatoms. The van der Waals surface area contributed by atoms with Crippen molar-refractivity contribution in [3.63, 3.8) is 0 Å². The number of aryl methyl sites for hydroxylation is 1. The Labute approximate surface area is 115 Å². The van der Waals surface area contributed by atoms with Crippen molar-refractivity contribution >= 4 is 27.9 Å². The van der Waals surface area contributed by atoms with Gasteiger partial charge in [0.1, 0.15) is 5.01 Å². The van der Waals surface area contributed by atoms with Gasteiger partial charge < -0.3 is 5.32 Å². The minimum absolute atomic E-state index is 0.124. The van der Waals surface area contributed by atoms with Crippen LogP contribution in [0.4, 0.5) is 5.82 Å². The van der Waals surface area contributed by atoms with Gasteiger partial charge >= 0.3 is 0 Å². The Bertz CT molecular complexity index is 702. The van der Waals surface area contributed by atoms with E-state index in [0.717, 1.165) is 27.3 Å². The summed E-state index contributed by atoms with van der Waals surface area (Å²) >= 11 is 1.66. The Morgan fingerprint density at radius 3 is 2.89 bits per heavy atom. The lowest BCUT2D eigenvalue weighted by Crippen LogP contribution is -2.08. The zero-order valence-corrected chi connectivity index (χ0v) is 11.6. The quantitative estimate of drug-likeness (QED) is 0.790. The van der Waals surface area contributed by atoms with Crippen LogP contribution in [0.3, 0.4) is 0 Å². The molecule has 0 spiro atoms. The Morgan fingerprint density at radius 2 is 2.11 bits per heavy atom. The number of anilines is 1. The summed E-state index contributed by atoms with van der Waals surface area (Å²) < 4.78 is 0. The Morgan fingerprint density at radius 1 is 1.26 bits per heavy atom. The molecule has 0 fully saturated rings. The summed E-state index contributed by atoms with van der Waals surface area (Å²) in [6, 6.07) is 8.22. The second-order valence-corrected chi connectivity index (χ2v) is 5.36. The highest BCUT2D eigenvalue weighted by atomic mass is 32.1. The van der Waals surface area contributed by atoms with Crippen molar-refractivity contribution in [2.45, 2.75) is 19.9 Å². The molecule has 2 heterocycles. The first-order chi connectivity index (χ1) is 9.24. The number of thiazole rings is 1. The molecule has 3 aromatic rings. The Hall–Kier alpha value is -2.01. The Balaban J connectivity index is 1.93. The van der Waals surface area contributed by atoms with Crippen LogP contribution in [-0.4, -0.2) is 15.2 Å². The average Bonchev–Trinajstić information content (AvgIpc) is 2.86. The van der Waals surface area contributed by atoms with Crippen LogP contribution < -0.4 is 5.32 Å². The van der Waals surface area contributed by atoms with Gasteiger partial charge in [0.05, 0.1) is 12.2 Å². The van der Waals surface area contributed by atoms with Gasteiger partial charge in [-0.15, -0.1) is 16.4 Å². The third-order valence-electron chi connectivity index (χ3n) is 2.93. The van der Waals surface area contributed by atoms with Gasteiger partial charge in [-0.3, -0.25) is 0 Å². The number of hydrogen-bond acceptors (Lipinski definition) is 5. The van der Waals surface area contributed by atoms with Crippen LogP contribution in [0.5, 0.6) is 0 Å². The monoisotopic (exact) mass is 270 g/mol. The van der Waals surface area contributed by atoms with E-state index in [1.165, 1.54) is 0 Å². The molecule has 19 heavy (non-hydrogen) atoms. The van der Waals surface area contributed by atoms with Gasteiger partial charge in [0.25, 0.3) is 0 Å². The molecule has 0 saturated carbocycles. The van der Waals surface area contributed by atoms with Crippen molar-refractivity contribution < 1.29 is 0 Å². The summed E-state index contributed by atoms with van der Waals surface area (Å²) in [5, 5.41) is 16.9. The predicted molar refractivity (Wildman–Crippen MR) is 78.4 cm³/mol. The lowest BCUT2D eigenvalue weighted by Gasteiger charge is -2.13.